The second kappa shape index (κ2) is 7.41. The number of aromatic nitrogens is 2. The van der Waals surface area contributed by atoms with E-state index < -0.39 is 11.3 Å². The molecule has 1 N–H and O–H groups in total. The summed E-state index contributed by atoms with van der Waals surface area (Å²) in [5.74, 6) is -1.32. The largest absolute Gasteiger partial charge is 0.507 e. The van der Waals surface area contributed by atoms with Crippen molar-refractivity contribution in [2.24, 2.45) is 7.05 Å². The van der Waals surface area contributed by atoms with E-state index >= 15 is 0 Å². The number of amides is 1. The van der Waals surface area contributed by atoms with Crippen LogP contribution in [-0.2, 0) is 16.7 Å². The highest BCUT2D eigenvalue weighted by molar-refractivity contribution is 7.16. The van der Waals surface area contributed by atoms with Crippen molar-refractivity contribution in [3.63, 3.8) is 0 Å². The lowest BCUT2D eigenvalue weighted by Crippen LogP contribution is -2.26. The molecule has 0 fully saturated rings. The number of hydrogen-bond acceptors (Lipinski definition) is 7. The molecule has 0 aliphatic carbocycles. The molecule has 0 aliphatic heterocycles. The van der Waals surface area contributed by atoms with Crippen molar-refractivity contribution in [2.45, 2.75) is 13.8 Å². The Balaban J connectivity index is 2.28. The van der Waals surface area contributed by atoms with Crippen molar-refractivity contribution < 1.29 is 19.5 Å². The first-order chi connectivity index (χ1) is 11.8. The molecule has 0 saturated carbocycles. The number of hydroxylamine groups is 1. The van der Waals surface area contributed by atoms with E-state index in [1.807, 2.05) is 0 Å². The van der Waals surface area contributed by atoms with Gasteiger partial charge in [-0.3, -0.25) is 19.2 Å². The molecule has 2 heterocycles. The molecule has 2 aromatic rings. The van der Waals surface area contributed by atoms with Gasteiger partial charge in [0.05, 0.1) is 7.11 Å². The van der Waals surface area contributed by atoms with Crippen LogP contribution < -0.4 is 10.6 Å². The average molecular weight is 363 g/mol. The van der Waals surface area contributed by atoms with Crippen molar-refractivity contribution in [2.75, 3.05) is 12.2 Å². The van der Waals surface area contributed by atoms with Crippen LogP contribution in [0, 0.1) is 6.92 Å². The molecule has 0 spiro atoms. The second-order valence-electron chi connectivity index (χ2n) is 5.15. The Morgan fingerprint density at radius 1 is 1.44 bits per heavy atom. The molecule has 9 heteroatoms. The average Bonchev–Trinajstić information content (AvgIpc) is 2.99. The van der Waals surface area contributed by atoms with Crippen molar-refractivity contribution in [3.8, 4) is 5.75 Å². The molecule has 0 bridgehead atoms. The summed E-state index contributed by atoms with van der Waals surface area (Å²) in [7, 11) is 2.87. The minimum atomic E-state index is -0.622. The Kier molecular flexibility index (Phi) is 5.50. The van der Waals surface area contributed by atoms with E-state index in [1.54, 1.807) is 6.92 Å². The number of anilines is 1. The van der Waals surface area contributed by atoms with E-state index in [1.165, 1.54) is 50.1 Å². The molecule has 0 saturated heterocycles. The van der Waals surface area contributed by atoms with E-state index in [4.69, 9.17) is 4.84 Å². The van der Waals surface area contributed by atoms with Crippen LogP contribution in [0.1, 0.15) is 27.9 Å². The molecular weight excluding hydrogens is 346 g/mol. The lowest BCUT2D eigenvalue weighted by atomic mass is 10.1. The zero-order valence-corrected chi connectivity index (χ0v) is 15.0. The van der Waals surface area contributed by atoms with Gasteiger partial charge in [-0.1, -0.05) is 11.3 Å². The van der Waals surface area contributed by atoms with Crippen LogP contribution in [0.15, 0.2) is 23.1 Å². The summed E-state index contributed by atoms with van der Waals surface area (Å²) in [5.41, 5.74) is -0.324. The van der Waals surface area contributed by atoms with Gasteiger partial charge in [0.15, 0.2) is 5.78 Å². The van der Waals surface area contributed by atoms with Crippen molar-refractivity contribution in [1.29, 1.82) is 0 Å². The zero-order valence-electron chi connectivity index (χ0n) is 14.1. The van der Waals surface area contributed by atoms with E-state index in [2.05, 4.69) is 4.98 Å². The Hall–Kier alpha value is -2.78. The normalized spacial score (nSPS) is 11.0. The van der Waals surface area contributed by atoms with E-state index in [9.17, 15) is 19.5 Å². The second-order valence-corrected chi connectivity index (χ2v) is 6.19. The molecule has 0 radical (unpaired) electrons. The smallest absolute Gasteiger partial charge is 0.265 e. The molecule has 0 unspecified atom stereocenters. The van der Waals surface area contributed by atoms with Crippen LogP contribution in [0.25, 0.3) is 6.08 Å². The van der Waals surface area contributed by atoms with Crippen LogP contribution in [0.3, 0.4) is 0 Å². The summed E-state index contributed by atoms with van der Waals surface area (Å²) < 4.78 is 1.29. The van der Waals surface area contributed by atoms with Crippen LogP contribution in [0.4, 0.5) is 5.13 Å². The van der Waals surface area contributed by atoms with Gasteiger partial charge >= 0.3 is 0 Å². The Bertz CT molecular complexity index is 913. The first-order valence-electron chi connectivity index (χ1n) is 7.19. The maximum atomic E-state index is 12.3. The highest BCUT2D eigenvalue weighted by atomic mass is 32.1. The minimum absolute atomic E-state index is 0.295. The van der Waals surface area contributed by atoms with Gasteiger partial charge < -0.3 is 9.67 Å². The quantitative estimate of drug-likeness (QED) is 0.492. The molecule has 2 rings (SSSR count). The predicted octanol–water partition coefficient (Wildman–Crippen LogP) is 1.67. The number of pyridine rings is 1. The van der Waals surface area contributed by atoms with Crippen LogP contribution >= 0.6 is 11.3 Å². The Morgan fingerprint density at radius 3 is 2.72 bits per heavy atom. The third-order valence-corrected chi connectivity index (χ3v) is 4.38. The van der Waals surface area contributed by atoms with Gasteiger partial charge in [-0.15, -0.1) is 0 Å². The molecule has 0 aliphatic rings. The van der Waals surface area contributed by atoms with Gasteiger partial charge in [0.25, 0.3) is 5.56 Å². The fourth-order valence-electron chi connectivity index (χ4n) is 2.07. The van der Waals surface area contributed by atoms with Crippen LogP contribution in [0.2, 0.25) is 0 Å². The maximum absolute atomic E-state index is 12.3. The zero-order chi connectivity index (χ0) is 18.7. The summed E-state index contributed by atoms with van der Waals surface area (Å²) in [6.07, 6.45) is 4.09. The highest BCUT2D eigenvalue weighted by Crippen LogP contribution is 2.24. The minimum Gasteiger partial charge on any atom is -0.507 e. The number of rotatable bonds is 5. The summed E-state index contributed by atoms with van der Waals surface area (Å²) in [4.78, 5) is 45.4. The number of thiazole rings is 1. The summed E-state index contributed by atoms with van der Waals surface area (Å²) >= 11 is 1.13. The predicted molar refractivity (Wildman–Crippen MR) is 93.7 cm³/mol. The van der Waals surface area contributed by atoms with E-state index in [0.717, 1.165) is 16.4 Å². The van der Waals surface area contributed by atoms with Gasteiger partial charge in [0.1, 0.15) is 11.3 Å². The third kappa shape index (κ3) is 3.83. The lowest BCUT2D eigenvalue weighted by molar-refractivity contribution is -0.122. The maximum Gasteiger partial charge on any atom is 0.265 e. The standard InChI is InChI=1S/C16H17N3O5S/c1-9-7-13(22)14(15(23)18(9)3)12(21)6-5-11-8-17-16(25-11)19(24-4)10(2)20/h5-8,22H,1-4H3/b6-5+. The summed E-state index contributed by atoms with van der Waals surface area (Å²) in [5, 5.41) is 11.2. The molecule has 132 valence electrons. The SMILES string of the molecule is CON(C(C)=O)c1ncc(/C=C/C(=O)c2c(O)cc(C)n(C)c2=O)s1. The fraction of sp³-hybridized carbons (Fsp3) is 0.250. The lowest BCUT2D eigenvalue weighted by Gasteiger charge is -2.12. The Morgan fingerprint density at radius 2 is 2.12 bits per heavy atom. The molecule has 8 nitrogen and oxygen atoms in total. The summed E-state index contributed by atoms with van der Waals surface area (Å²) in [6, 6.07) is 1.36. The van der Waals surface area contributed by atoms with Crippen molar-refractivity contribution in [3.05, 3.63) is 44.8 Å². The first kappa shape index (κ1) is 18.6. The summed E-state index contributed by atoms with van der Waals surface area (Å²) in [6.45, 7) is 2.99. The van der Waals surface area contributed by atoms with Gasteiger partial charge in [-0.05, 0) is 19.1 Å². The highest BCUT2D eigenvalue weighted by Gasteiger charge is 2.17. The number of allylic oxidation sites excluding steroid dienone is 1. The van der Waals surface area contributed by atoms with Crippen LogP contribution in [0.5, 0.6) is 5.75 Å². The Labute approximate surface area is 147 Å². The van der Waals surface area contributed by atoms with Gasteiger partial charge in [0.2, 0.25) is 11.0 Å². The monoisotopic (exact) mass is 363 g/mol. The molecular formula is C16H17N3O5S. The molecule has 25 heavy (non-hydrogen) atoms. The van der Waals surface area contributed by atoms with Gasteiger partial charge in [-0.25, -0.2) is 4.98 Å². The fourth-order valence-corrected chi connectivity index (χ4v) is 2.91. The topological polar surface area (TPSA) is 102 Å². The number of hydrogen-bond donors (Lipinski definition) is 1. The number of ketones is 1. The third-order valence-electron chi connectivity index (χ3n) is 3.45. The van der Waals surface area contributed by atoms with Crippen LogP contribution in [-0.4, -0.2) is 33.5 Å². The van der Waals surface area contributed by atoms with Crippen molar-refractivity contribution in [1.82, 2.24) is 9.55 Å². The number of nitrogens with zero attached hydrogens (tertiary/aromatic N) is 3. The van der Waals surface area contributed by atoms with Gasteiger partial charge in [0, 0.05) is 36.8 Å². The molecule has 1 amide bonds. The number of aromatic hydroxyl groups is 1. The van der Waals surface area contributed by atoms with E-state index in [0.29, 0.717) is 15.7 Å². The van der Waals surface area contributed by atoms with Gasteiger partial charge in [-0.2, -0.15) is 5.06 Å². The number of aryl methyl sites for hydroxylation is 1. The molecule has 2 aromatic heterocycles. The van der Waals surface area contributed by atoms with Crippen molar-refractivity contribution >= 4 is 34.2 Å². The first-order valence-corrected chi connectivity index (χ1v) is 8.00. The molecule has 0 aromatic carbocycles. The van der Waals surface area contributed by atoms with E-state index in [-0.39, 0.29) is 17.2 Å². The number of carbonyl (C=O) groups is 2. The number of carbonyl (C=O) groups excluding carboxylic acids is 2. The molecule has 0 atom stereocenters.